The third-order valence-corrected chi connectivity index (χ3v) is 7.64. The van der Waals surface area contributed by atoms with Gasteiger partial charge < -0.3 is 29.9 Å². The van der Waals surface area contributed by atoms with E-state index >= 15 is 0 Å². The van der Waals surface area contributed by atoms with Crippen LogP contribution >= 0.6 is 0 Å². The molecule has 0 unspecified atom stereocenters. The number of benzene rings is 2. The number of carbonyl (C=O) groups is 3. The molecule has 11 heteroatoms. The van der Waals surface area contributed by atoms with Gasteiger partial charge in [0.25, 0.3) is 0 Å². The van der Waals surface area contributed by atoms with Crippen LogP contribution in [-0.2, 0) is 27.1 Å². The van der Waals surface area contributed by atoms with E-state index in [0.717, 1.165) is 11.1 Å². The molecule has 1 aliphatic rings. The predicted molar refractivity (Wildman–Crippen MR) is 163 cm³/mol. The number of nitrogens with one attached hydrogen (secondary N) is 1. The number of rotatable bonds is 8. The molecular weight excluding hydrogens is 552 g/mol. The summed E-state index contributed by atoms with van der Waals surface area (Å²) in [5.74, 6) is -0.532. The number of ether oxygens (including phenoxy) is 2. The van der Waals surface area contributed by atoms with Crippen molar-refractivity contribution < 1.29 is 34.1 Å². The lowest BCUT2D eigenvalue weighted by Crippen LogP contribution is -2.64. The summed E-state index contributed by atoms with van der Waals surface area (Å²) in [6, 6.07) is 18.5. The molecule has 0 aliphatic carbocycles. The Bertz CT molecular complexity index is 1130. The van der Waals surface area contributed by atoms with E-state index in [9.17, 15) is 24.6 Å². The molecule has 3 rings (SSSR count). The molecule has 236 valence electrons. The third-order valence-electron chi connectivity index (χ3n) is 7.64. The molecule has 0 bridgehead atoms. The summed E-state index contributed by atoms with van der Waals surface area (Å²) in [7, 11) is 1.31. The van der Waals surface area contributed by atoms with Crippen LogP contribution in [0.5, 0.6) is 0 Å². The van der Waals surface area contributed by atoms with Crippen molar-refractivity contribution in [3.63, 3.8) is 0 Å². The fourth-order valence-corrected chi connectivity index (χ4v) is 5.53. The molecule has 1 atom stereocenters. The van der Waals surface area contributed by atoms with Gasteiger partial charge in [0, 0.05) is 45.8 Å². The highest BCUT2D eigenvalue weighted by atomic mass is 16.5. The first kappa shape index (κ1) is 33.8. The Hall–Kier alpha value is -3.67. The Morgan fingerprint density at radius 1 is 0.860 bits per heavy atom. The lowest BCUT2D eigenvalue weighted by Gasteiger charge is -2.47. The zero-order valence-electron chi connectivity index (χ0n) is 25.7. The summed E-state index contributed by atoms with van der Waals surface area (Å²) in [5.41, 5.74) is 0.280. The van der Waals surface area contributed by atoms with Crippen LogP contribution in [0.2, 0.25) is 0 Å². The van der Waals surface area contributed by atoms with E-state index in [4.69, 9.17) is 9.47 Å². The number of nitrogens with zero attached hydrogens (tertiary/aromatic N) is 3. The number of carbonyl (C=O) groups excluding carboxylic acids is 1. The Morgan fingerprint density at radius 2 is 1.42 bits per heavy atom. The van der Waals surface area contributed by atoms with Crippen LogP contribution in [0, 0.1) is 0 Å². The van der Waals surface area contributed by atoms with Crippen molar-refractivity contribution in [2.75, 3.05) is 59.5 Å². The molecule has 3 N–H and O–H groups in total. The van der Waals surface area contributed by atoms with Crippen molar-refractivity contribution in [3.05, 3.63) is 71.8 Å². The standard InChI is InChI=1S/C32H46N4O7/c1-31(2,3)43-23-27(28(37)42-4)35-20-19-34(29(38)39)17-15-33-16-18-36(30(40)41)32(24-35,21-25-11-7-5-8-12-25)22-26-13-9-6-10-14-26/h5-14,27,33H,15-24H2,1-4H3,(H,38,39)(H,40,41)/t27-/m1/s1. The maximum atomic E-state index is 13.3. The van der Waals surface area contributed by atoms with Gasteiger partial charge in [0.2, 0.25) is 0 Å². The van der Waals surface area contributed by atoms with Crippen LogP contribution in [0.4, 0.5) is 9.59 Å². The average molecular weight is 599 g/mol. The number of carboxylic acid groups (broad SMARTS) is 2. The van der Waals surface area contributed by atoms with E-state index in [-0.39, 0.29) is 39.3 Å². The van der Waals surface area contributed by atoms with E-state index in [1.54, 1.807) is 0 Å². The molecule has 2 aromatic rings. The minimum atomic E-state index is -1.07. The monoisotopic (exact) mass is 598 g/mol. The first-order valence-electron chi connectivity index (χ1n) is 14.7. The quantitative estimate of drug-likeness (QED) is 0.391. The van der Waals surface area contributed by atoms with Gasteiger partial charge in [-0.15, -0.1) is 0 Å². The zero-order chi connectivity index (χ0) is 31.5. The lowest BCUT2D eigenvalue weighted by atomic mass is 9.82. The largest absolute Gasteiger partial charge is 0.468 e. The molecule has 1 saturated heterocycles. The first-order valence-corrected chi connectivity index (χ1v) is 14.7. The molecule has 1 aliphatic heterocycles. The second kappa shape index (κ2) is 15.7. The zero-order valence-corrected chi connectivity index (χ0v) is 25.7. The van der Waals surface area contributed by atoms with Crippen molar-refractivity contribution in [1.29, 1.82) is 0 Å². The van der Waals surface area contributed by atoms with Crippen LogP contribution in [0.3, 0.4) is 0 Å². The van der Waals surface area contributed by atoms with Gasteiger partial charge in [-0.3, -0.25) is 14.6 Å². The smallest absolute Gasteiger partial charge is 0.407 e. The minimum absolute atomic E-state index is 0.00930. The van der Waals surface area contributed by atoms with Gasteiger partial charge in [0.1, 0.15) is 6.04 Å². The Labute approximate surface area is 254 Å². The predicted octanol–water partition coefficient (Wildman–Crippen LogP) is 3.43. The van der Waals surface area contributed by atoms with Crippen molar-refractivity contribution in [3.8, 4) is 0 Å². The molecular formula is C32H46N4O7. The van der Waals surface area contributed by atoms with Gasteiger partial charge >= 0.3 is 18.2 Å². The number of methoxy groups -OCH3 is 1. The van der Waals surface area contributed by atoms with Crippen LogP contribution in [-0.4, -0.2) is 120 Å². The lowest BCUT2D eigenvalue weighted by molar-refractivity contribution is -0.153. The molecule has 0 aromatic heterocycles. The second-order valence-corrected chi connectivity index (χ2v) is 11.9. The fourth-order valence-electron chi connectivity index (χ4n) is 5.53. The highest BCUT2D eigenvalue weighted by molar-refractivity contribution is 5.76. The van der Waals surface area contributed by atoms with Crippen LogP contribution < -0.4 is 5.32 Å². The number of hydrogen-bond donors (Lipinski definition) is 3. The Kier molecular flexibility index (Phi) is 12.4. The number of hydrogen-bond acceptors (Lipinski definition) is 7. The van der Waals surface area contributed by atoms with E-state index in [2.05, 4.69) is 5.32 Å². The van der Waals surface area contributed by atoms with E-state index in [1.807, 2.05) is 86.3 Å². The van der Waals surface area contributed by atoms with E-state index < -0.39 is 35.3 Å². The van der Waals surface area contributed by atoms with E-state index in [0.29, 0.717) is 25.9 Å². The molecule has 0 spiro atoms. The molecule has 0 saturated carbocycles. The van der Waals surface area contributed by atoms with Crippen LogP contribution in [0.15, 0.2) is 60.7 Å². The van der Waals surface area contributed by atoms with Crippen LogP contribution in [0.25, 0.3) is 0 Å². The summed E-state index contributed by atoms with van der Waals surface area (Å²) in [4.78, 5) is 43.2. The van der Waals surface area contributed by atoms with Gasteiger partial charge in [0.15, 0.2) is 0 Å². The molecule has 2 aromatic carbocycles. The van der Waals surface area contributed by atoms with Gasteiger partial charge in [-0.1, -0.05) is 60.7 Å². The normalized spacial score (nSPS) is 17.8. The van der Waals surface area contributed by atoms with E-state index in [1.165, 1.54) is 16.9 Å². The maximum Gasteiger partial charge on any atom is 0.407 e. The molecule has 11 nitrogen and oxygen atoms in total. The second-order valence-electron chi connectivity index (χ2n) is 11.9. The van der Waals surface area contributed by atoms with Gasteiger partial charge in [-0.25, -0.2) is 9.59 Å². The summed E-state index contributed by atoms with van der Waals surface area (Å²) >= 11 is 0. The van der Waals surface area contributed by atoms with Crippen LogP contribution in [0.1, 0.15) is 31.9 Å². The van der Waals surface area contributed by atoms with Crippen molar-refractivity contribution >= 4 is 18.2 Å². The minimum Gasteiger partial charge on any atom is -0.468 e. The fraction of sp³-hybridized carbons (Fsp3) is 0.531. The van der Waals surface area contributed by atoms with Crippen molar-refractivity contribution in [1.82, 2.24) is 20.0 Å². The van der Waals surface area contributed by atoms with Gasteiger partial charge in [0.05, 0.1) is 24.9 Å². The summed E-state index contributed by atoms with van der Waals surface area (Å²) in [5, 5.41) is 23.9. The highest BCUT2D eigenvalue weighted by Crippen LogP contribution is 2.30. The SMILES string of the molecule is COC(=O)[C@@H](COC(C)(C)C)N1CCN(C(=O)O)CCNCCN(C(=O)O)C(Cc2ccccc2)(Cc2ccccc2)C1. The number of amides is 2. The van der Waals surface area contributed by atoms with Gasteiger partial charge in [-0.05, 0) is 44.7 Å². The maximum absolute atomic E-state index is 13.3. The highest BCUT2D eigenvalue weighted by Gasteiger charge is 2.44. The first-order chi connectivity index (χ1) is 20.4. The van der Waals surface area contributed by atoms with Crippen molar-refractivity contribution in [2.24, 2.45) is 0 Å². The summed E-state index contributed by atoms with van der Waals surface area (Å²) in [6.07, 6.45) is -1.41. The molecule has 2 amide bonds. The molecule has 0 radical (unpaired) electrons. The third kappa shape index (κ3) is 10.2. The summed E-state index contributed by atoms with van der Waals surface area (Å²) < 4.78 is 11.3. The molecule has 1 fully saturated rings. The average Bonchev–Trinajstić information content (AvgIpc) is 2.95. The van der Waals surface area contributed by atoms with Gasteiger partial charge in [-0.2, -0.15) is 0 Å². The molecule has 1 heterocycles. The molecule has 43 heavy (non-hydrogen) atoms. The topological polar surface area (TPSA) is 132 Å². The Balaban J connectivity index is 2.21. The summed E-state index contributed by atoms with van der Waals surface area (Å²) in [6.45, 7) is 7.13. The number of esters is 1. The van der Waals surface area contributed by atoms with Crippen molar-refractivity contribution in [2.45, 2.75) is 50.8 Å². The Morgan fingerprint density at radius 3 is 1.91 bits per heavy atom.